The van der Waals surface area contributed by atoms with Crippen LogP contribution >= 0.6 is 11.3 Å². The third-order valence-electron chi connectivity index (χ3n) is 5.67. The molecule has 8 nitrogen and oxygen atoms in total. The zero-order chi connectivity index (χ0) is 27.0. The zero-order valence-corrected chi connectivity index (χ0v) is 21.8. The Kier molecular flexibility index (Phi) is 9.14. The summed E-state index contributed by atoms with van der Waals surface area (Å²) >= 11 is 1.47. The third-order valence-corrected chi connectivity index (χ3v) is 6.48. The number of aromatic nitrogens is 3. The predicted molar refractivity (Wildman–Crippen MR) is 136 cm³/mol. The van der Waals surface area contributed by atoms with Crippen molar-refractivity contribution in [3.8, 4) is 33.6 Å². The standard InChI is InChI=1S/C28H25N4S.ClHO4/c29-28-31-30-27(33-28)17-10-18-32-25(22-13-6-2-7-14-22)19-24(21-11-4-1-5-12-21)20-26(32)23-15-8-3-9-16-23;2-1(3,4)5/h1-9,11-16,19-20H,10,17-18H2,(H2,29,31);(H,2,3,4,5)/q+1;/p-1. The molecule has 38 heavy (non-hydrogen) atoms. The van der Waals surface area contributed by atoms with Gasteiger partial charge in [-0.25, -0.2) is 18.6 Å². The number of rotatable bonds is 7. The maximum absolute atomic E-state index is 8.49. The first-order chi connectivity index (χ1) is 18.3. The summed E-state index contributed by atoms with van der Waals surface area (Å²) in [7, 11) is -4.94. The van der Waals surface area contributed by atoms with Crippen LogP contribution in [-0.2, 0) is 13.0 Å². The molecule has 0 saturated carbocycles. The summed E-state index contributed by atoms with van der Waals surface area (Å²) < 4.78 is 36.4. The molecular formula is C28H25ClN4O4S. The number of anilines is 1. The van der Waals surface area contributed by atoms with E-state index in [9.17, 15) is 0 Å². The molecule has 0 radical (unpaired) electrons. The number of pyridine rings is 1. The Hall–Kier alpha value is -3.70. The molecule has 194 valence electrons. The fourth-order valence-corrected chi connectivity index (χ4v) is 4.76. The van der Waals surface area contributed by atoms with E-state index in [0.717, 1.165) is 24.4 Å². The second-order valence-electron chi connectivity index (χ2n) is 8.28. The van der Waals surface area contributed by atoms with Gasteiger partial charge in [0.1, 0.15) is 11.6 Å². The van der Waals surface area contributed by atoms with Crippen LogP contribution in [0.3, 0.4) is 0 Å². The molecular weight excluding hydrogens is 524 g/mol. The van der Waals surface area contributed by atoms with Gasteiger partial charge in [0, 0.05) is 36.1 Å². The van der Waals surface area contributed by atoms with Gasteiger partial charge in [0.25, 0.3) is 0 Å². The van der Waals surface area contributed by atoms with E-state index in [1.807, 2.05) is 0 Å². The van der Waals surface area contributed by atoms with Crippen molar-refractivity contribution in [1.82, 2.24) is 10.2 Å². The Morgan fingerprint density at radius 1 is 0.658 bits per heavy atom. The van der Waals surface area contributed by atoms with Crippen molar-refractivity contribution in [2.75, 3.05) is 5.73 Å². The van der Waals surface area contributed by atoms with Gasteiger partial charge in [0.15, 0.2) is 0 Å². The van der Waals surface area contributed by atoms with Crippen molar-refractivity contribution in [3.63, 3.8) is 0 Å². The molecule has 0 aliphatic heterocycles. The van der Waals surface area contributed by atoms with Gasteiger partial charge in [-0.1, -0.05) is 78.1 Å². The van der Waals surface area contributed by atoms with E-state index in [4.69, 9.17) is 24.4 Å². The molecule has 3 aromatic carbocycles. The summed E-state index contributed by atoms with van der Waals surface area (Å²) in [4.78, 5) is 0. The molecule has 2 aromatic heterocycles. The summed E-state index contributed by atoms with van der Waals surface area (Å²) in [6.45, 7) is 0.864. The average molecular weight is 549 g/mol. The lowest BCUT2D eigenvalue weighted by molar-refractivity contribution is -2.00. The minimum absolute atomic E-state index is 0.528. The van der Waals surface area contributed by atoms with Crippen molar-refractivity contribution < 1.29 is 33.4 Å². The number of nitrogens with zero attached hydrogens (tertiary/aromatic N) is 3. The molecule has 2 heterocycles. The van der Waals surface area contributed by atoms with Gasteiger partial charge in [0.2, 0.25) is 16.5 Å². The van der Waals surface area contributed by atoms with Gasteiger partial charge >= 0.3 is 0 Å². The number of benzene rings is 3. The highest BCUT2D eigenvalue weighted by molar-refractivity contribution is 7.15. The van der Waals surface area contributed by atoms with E-state index in [0.29, 0.717) is 5.13 Å². The van der Waals surface area contributed by atoms with Gasteiger partial charge in [-0.3, -0.25) is 0 Å². The molecule has 0 spiro atoms. The maximum atomic E-state index is 8.49. The van der Waals surface area contributed by atoms with Crippen LogP contribution in [0.25, 0.3) is 33.6 Å². The van der Waals surface area contributed by atoms with Crippen LogP contribution in [0.1, 0.15) is 11.4 Å². The molecule has 0 bridgehead atoms. The van der Waals surface area contributed by atoms with Crippen molar-refractivity contribution in [2.45, 2.75) is 19.4 Å². The highest BCUT2D eigenvalue weighted by Crippen LogP contribution is 2.29. The van der Waals surface area contributed by atoms with Gasteiger partial charge in [-0.2, -0.15) is 4.57 Å². The Morgan fingerprint density at radius 2 is 1.11 bits per heavy atom. The molecule has 5 aromatic rings. The minimum atomic E-state index is -4.94. The van der Waals surface area contributed by atoms with E-state index >= 15 is 0 Å². The van der Waals surface area contributed by atoms with Crippen LogP contribution in [0.2, 0.25) is 0 Å². The lowest BCUT2D eigenvalue weighted by Gasteiger charge is -2.17. The predicted octanol–water partition coefficient (Wildman–Crippen LogP) is 1.29. The fraction of sp³-hybridized carbons (Fsp3) is 0.107. The highest BCUT2D eigenvalue weighted by Gasteiger charge is 2.22. The van der Waals surface area contributed by atoms with E-state index in [1.165, 1.54) is 45.0 Å². The smallest absolute Gasteiger partial charge is 0.213 e. The van der Waals surface area contributed by atoms with Gasteiger partial charge in [0.05, 0.1) is 0 Å². The number of nitrogens with two attached hydrogens (primary N) is 1. The largest absolute Gasteiger partial charge is 0.374 e. The molecule has 2 N–H and O–H groups in total. The van der Waals surface area contributed by atoms with Crippen molar-refractivity contribution >= 4 is 16.5 Å². The van der Waals surface area contributed by atoms with Crippen LogP contribution in [0.4, 0.5) is 5.13 Å². The second kappa shape index (κ2) is 12.7. The quantitative estimate of drug-likeness (QED) is 0.301. The average Bonchev–Trinajstić information content (AvgIpc) is 3.34. The number of nitrogen functional groups attached to an aromatic ring is 1. The first-order valence-corrected chi connectivity index (χ1v) is 13.8. The van der Waals surface area contributed by atoms with Crippen molar-refractivity contribution in [3.05, 3.63) is 108 Å². The van der Waals surface area contributed by atoms with Crippen LogP contribution in [0.5, 0.6) is 0 Å². The van der Waals surface area contributed by atoms with Crippen LogP contribution in [0.15, 0.2) is 103 Å². The summed E-state index contributed by atoms with van der Waals surface area (Å²) in [5.41, 5.74) is 13.0. The lowest BCUT2D eigenvalue weighted by atomic mass is 9.99. The van der Waals surface area contributed by atoms with E-state index in [2.05, 4.69) is 118 Å². The molecule has 0 saturated heterocycles. The molecule has 0 fully saturated rings. The molecule has 0 aliphatic rings. The number of hydrogen-bond donors (Lipinski definition) is 1. The SMILES string of the molecule is Nc1nnc(CCC[n+]2c(-c3ccccc3)cc(-c3ccccc3)cc2-c2ccccc2)s1.[O-][Cl+3]([O-])([O-])[O-]. The molecule has 5 rings (SSSR count). The first kappa shape index (κ1) is 27.3. The van der Waals surface area contributed by atoms with Gasteiger partial charge < -0.3 is 5.73 Å². The van der Waals surface area contributed by atoms with Crippen molar-refractivity contribution in [1.29, 1.82) is 0 Å². The number of aryl methyl sites for hydroxylation is 1. The monoisotopic (exact) mass is 548 g/mol. The Balaban J connectivity index is 0.000000617. The Bertz CT molecular complexity index is 1380. The van der Waals surface area contributed by atoms with E-state index in [1.54, 1.807) is 0 Å². The van der Waals surface area contributed by atoms with Crippen molar-refractivity contribution in [2.24, 2.45) is 0 Å². The summed E-state index contributed by atoms with van der Waals surface area (Å²) in [6.07, 6.45) is 1.80. The first-order valence-electron chi connectivity index (χ1n) is 11.7. The van der Waals surface area contributed by atoms with Crippen LogP contribution in [0, 0.1) is 10.2 Å². The second-order valence-corrected chi connectivity index (χ2v) is 10.1. The minimum Gasteiger partial charge on any atom is -0.374 e. The summed E-state index contributed by atoms with van der Waals surface area (Å²) in [5, 5.41) is 9.66. The van der Waals surface area contributed by atoms with E-state index in [-0.39, 0.29) is 0 Å². The highest BCUT2D eigenvalue weighted by atomic mass is 35.7. The lowest BCUT2D eigenvalue weighted by Crippen LogP contribution is -2.68. The molecule has 0 unspecified atom stereocenters. The van der Waals surface area contributed by atoms with Crippen LogP contribution in [-0.4, -0.2) is 10.2 Å². The normalized spacial score (nSPS) is 11.1. The molecule has 0 amide bonds. The molecule has 0 aliphatic carbocycles. The van der Waals surface area contributed by atoms with Crippen LogP contribution < -0.4 is 28.9 Å². The molecule has 10 heteroatoms. The maximum Gasteiger partial charge on any atom is 0.213 e. The fourth-order valence-electron chi connectivity index (χ4n) is 4.11. The Morgan fingerprint density at radius 3 is 1.53 bits per heavy atom. The Labute approximate surface area is 226 Å². The van der Waals surface area contributed by atoms with Gasteiger partial charge in [-0.05, 0) is 35.4 Å². The van der Waals surface area contributed by atoms with Gasteiger partial charge in [-0.15, -0.1) is 20.4 Å². The molecule has 0 atom stereocenters. The number of halogens is 1. The zero-order valence-electron chi connectivity index (χ0n) is 20.3. The summed E-state index contributed by atoms with van der Waals surface area (Å²) in [5.74, 6) is 0. The van der Waals surface area contributed by atoms with E-state index < -0.39 is 10.2 Å². The third kappa shape index (κ3) is 7.90. The number of hydrogen-bond acceptors (Lipinski definition) is 8. The summed E-state index contributed by atoms with van der Waals surface area (Å²) in [6, 6.07) is 36.4. The topological polar surface area (TPSA) is 148 Å².